The van der Waals surface area contributed by atoms with E-state index in [1.807, 2.05) is 0 Å². The first-order valence-electron chi connectivity index (χ1n) is 8.05. The SMILES string of the molecule is CCCCCNC(=O)NCc1cc(=O)oc2cc3c(cc12)OCO3. The van der Waals surface area contributed by atoms with E-state index < -0.39 is 5.63 Å². The molecule has 3 rings (SSSR count). The minimum Gasteiger partial charge on any atom is -0.454 e. The first kappa shape index (κ1) is 16.2. The number of amides is 2. The Kier molecular flexibility index (Phi) is 4.88. The third-order valence-corrected chi connectivity index (χ3v) is 3.83. The van der Waals surface area contributed by atoms with Crippen LogP contribution in [0.2, 0.25) is 0 Å². The molecule has 0 saturated carbocycles. The minimum absolute atomic E-state index is 0.142. The molecule has 24 heavy (non-hydrogen) atoms. The van der Waals surface area contributed by atoms with E-state index in [-0.39, 0.29) is 19.4 Å². The van der Waals surface area contributed by atoms with Gasteiger partial charge in [0, 0.05) is 30.6 Å². The van der Waals surface area contributed by atoms with Gasteiger partial charge in [-0.2, -0.15) is 0 Å². The van der Waals surface area contributed by atoms with Crippen molar-refractivity contribution in [3.63, 3.8) is 0 Å². The number of urea groups is 1. The summed E-state index contributed by atoms with van der Waals surface area (Å²) in [5.74, 6) is 1.14. The number of nitrogens with one attached hydrogen (secondary N) is 2. The predicted octanol–water partition coefficient (Wildman–Crippen LogP) is 2.51. The highest BCUT2D eigenvalue weighted by atomic mass is 16.7. The van der Waals surface area contributed by atoms with Gasteiger partial charge in [-0.05, 0) is 18.1 Å². The first-order chi connectivity index (χ1) is 11.7. The molecule has 0 unspecified atom stereocenters. The van der Waals surface area contributed by atoms with Gasteiger partial charge in [0.1, 0.15) is 5.58 Å². The van der Waals surface area contributed by atoms with Crippen LogP contribution in [0.5, 0.6) is 11.5 Å². The molecule has 0 fully saturated rings. The third-order valence-electron chi connectivity index (χ3n) is 3.83. The van der Waals surface area contributed by atoms with Gasteiger partial charge in [0.15, 0.2) is 11.5 Å². The summed E-state index contributed by atoms with van der Waals surface area (Å²) in [6.45, 7) is 3.11. The molecular formula is C17H20N2O5. The standard InChI is InChI=1S/C17H20N2O5/c1-2-3-4-5-18-17(21)19-9-11-6-16(20)24-13-8-15-14(7-12(11)13)22-10-23-15/h6-8H,2-5,9-10H2,1H3,(H2,18,19,21). The molecule has 1 aliphatic rings. The fourth-order valence-corrected chi connectivity index (χ4v) is 2.58. The van der Waals surface area contributed by atoms with Crippen molar-refractivity contribution in [1.29, 1.82) is 0 Å². The molecule has 2 amide bonds. The molecule has 0 saturated heterocycles. The van der Waals surface area contributed by atoms with Crippen LogP contribution in [-0.2, 0) is 6.54 Å². The molecule has 2 heterocycles. The maximum Gasteiger partial charge on any atom is 0.336 e. The lowest BCUT2D eigenvalue weighted by atomic mass is 10.1. The van der Waals surface area contributed by atoms with Gasteiger partial charge < -0.3 is 24.5 Å². The number of carbonyl (C=O) groups excluding carboxylic acids is 1. The maximum absolute atomic E-state index is 11.8. The van der Waals surface area contributed by atoms with Gasteiger partial charge in [0.2, 0.25) is 6.79 Å². The van der Waals surface area contributed by atoms with E-state index >= 15 is 0 Å². The van der Waals surface area contributed by atoms with Crippen LogP contribution in [0.15, 0.2) is 27.4 Å². The molecule has 1 aromatic carbocycles. The van der Waals surface area contributed by atoms with Crippen LogP contribution in [0.1, 0.15) is 31.7 Å². The first-order valence-corrected chi connectivity index (χ1v) is 8.05. The van der Waals surface area contributed by atoms with E-state index in [9.17, 15) is 9.59 Å². The lowest BCUT2D eigenvalue weighted by Crippen LogP contribution is -2.35. The summed E-state index contributed by atoms with van der Waals surface area (Å²) >= 11 is 0. The lowest BCUT2D eigenvalue weighted by Gasteiger charge is -2.09. The van der Waals surface area contributed by atoms with Gasteiger partial charge >= 0.3 is 11.7 Å². The Morgan fingerprint density at radius 2 is 1.92 bits per heavy atom. The van der Waals surface area contributed by atoms with Crippen molar-refractivity contribution in [2.75, 3.05) is 13.3 Å². The Morgan fingerprint density at radius 3 is 2.71 bits per heavy atom. The molecule has 0 atom stereocenters. The second-order valence-electron chi connectivity index (χ2n) is 5.61. The Labute approximate surface area is 138 Å². The third kappa shape index (κ3) is 3.61. The average Bonchev–Trinajstić information content (AvgIpc) is 3.02. The minimum atomic E-state index is -0.471. The molecule has 2 N–H and O–H groups in total. The Hall–Kier alpha value is -2.70. The van der Waals surface area contributed by atoms with Crippen molar-refractivity contribution in [3.8, 4) is 11.5 Å². The van der Waals surface area contributed by atoms with E-state index in [2.05, 4.69) is 17.6 Å². The fraction of sp³-hybridized carbons (Fsp3) is 0.412. The Balaban J connectivity index is 1.72. The second kappa shape index (κ2) is 7.25. The van der Waals surface area contributed by atoms with Gasteiger partial charge in [0.25, 0.3) is 0 Å². The van der Waals surface area contributed by atoms with Gasteiger partial charge in [-0.25, -0.2) is 9.59 Å². The molecule has 1 aromatic heterocycles. The van der Waals surface area contributed by atoms with E-state index in [1.165, 1.54) is 6.07 Å². The number of ether oxygens (including phenoxy) is 2. The Morgan fingerprint density at radius 1 is 1.12 bits per heavy atom. The number of benzene rings is 1. The summed E-state index contributed by atoms with van der Waals surface area (Å²) in [6.07, 6.45) is 3.13. The normalized spacial score (nSPS) is 12.4. The van der Waals surface area contributed by atoms with Crippen molar-refractivity contribution in [3.05, 3.63) is 34.2 Å². The molecule has 7 heteroatoms. The zero-order valence-corrected chi connectivity index (χ0v) is 13.5. The fourth-order valence-electron chi connectivity index (χ4n) is 2.58. The summed E-state index contributed by atoms with van der Waals surface area (Å²) in [7, 11) is 0. The summed E-state index contributed by atoms with van der Waals surface area (Å²) in [6, 6.07) is 4.51. The molecule has 128 valence electrons. The highest BCUT2D eigenvalue weighted by Gasteiger charge is 2.17. The number of hydrogen-bond donors (Lipinski definition) is 2. The number of hydrogen-bond acceptors (Lipinski definition) is 5. The predicted molar refractivity (Wildman–Crippen MR) is 88.4 cm³/mol. The van der Waals surface area contributed by atoms with E-state index in [0.717, 1.165) is 19.3 Å². The van der Waals surface area contributed by atoms with Crippen molar-refractivity contribution in [2.24, 2.45) is 0 Å². The highest BCUT2D eigenvalue weighted by molar-refractivity contribution is 5.84. The topological polar surface area (TPSA) is 89.8 Å². The van der Waals surface area contributed by atoms with Crippen LogP contribution in [0.25, 0.3) is 11.0 Å². The molecule has 7 nitrogen and oxygen atoms in total. The molecule has 0 radical (unpaired) electrons. The Bertz CT molecular complexity index is 799. The van der Waals surface area contributed by atoms with Crippen molar-refractivity contribution >= 4 is 17.0 Å². The van der Waals surface area contributed by atoms with Gasteiger partial charge in [-0.15, -0.1) is 0 Å². The summed E-state index contributed by atoms with van der Waals surface area (Å²) in [5.41, 5.74) is 0.608. The van der Waals surface area contributed by atoms with E-state index in [1.54, 1.807) is 12.1 Å². The van der Waals surface area contributed by atoms with Crippen LogP contribution < -0.4 is 25.7 Å². The van der Waals surface area contributed by atoms with Gasteiger partial charge in [-0.1, -0.05) is 19.8 Å². The monoisotopic (exact) mass is 332 g/mol. The number of rotatable bonds is 6. The number of unbranched alkanes of at least 4 members (excludes halogenated alkanes) is 2. The molecule has 0 aliphatic carbocycles. The summed E-state index contributed by atoms with van der Waals surface area (Å²) in [4.78, 5) is 23.5. The van der Waals surface area contributed by atoms with Crippen LogP contribution in [0, 0.1) is 0 Å². The molecule has 0 bridgehead atoms. The molecular weight excluding hydrogens is 312 g/mol. The van der Waals surface area contributed by atoms with Crippen molar-refractivity contribution in [2.45, 2.75) is 32.7 Å². The largest absolute Gasteiger partial charge is 0.454 e. The van der Waals surface area contributed by atoms with Crippen LogP contribution in [0.3, 0.4) is 0 Å². The van der Waals surface area contributed by atoms with Crippen molar-refractivity contribution in [1.82, 2.24) is 10.6 Å². The van der Waals surface area contributed by atoms with Crippen molar-refractivity contribution < 1.29 is 18.7 Å². The maximum atomic E-state index is 11.8. The lowest BCUT2D eigenvalue weighted by molar-refractivity contribution is 0.174. The van der Waals surface area contributed by atoms with Gasteiger partial charge in [0.05, 0.1) is 0 Å². The quantitative estimate of drug-likeness (QED) is 0.627. The second-order valence-corrected chi connectivity index (χ2v) is 5.61. The van der Waals surface area contributed by atoms with Crippen LogP contribution in [0.4, 0.5) is 4.79 Å². The molecule has 2 aromatic rings. The molecule has 0 spiro atoms. The van der Waals surface area contributed by atoms with Crippen LogP contribution in [-0.4, -0.2) is 19.4 Å². The zero-order valence-electron chi connectivity index (χ0n) is 13.5. The average molecular weight is 332 g/mol. The number of carbonyl (C=O) groups is 1. The summed E-state index contributed by atoms with van der Waals surface area (Å²) < 4.78 is 15.8. The van der Waals surface area contributed by atoms with Gasteiger partial charge in [-0.3, -0.25) is 0 Å². The highest BCUT2D eigenvalue weighted by Crippen LogP contribution is 2.36. The smallest absolute Gasteiger partial charge is 0.336 e. The van der Waals surface area contributed by atoms with E-state index in [4.69, 9.17) is 13.9 Å². The number of fused-ring (bicyclic) bond motifs is 2. The van der Waals surface area contributed by atoms with E-state index in [0.29, 0.717) is 34.6 Å². The van der Waals surface area contributed by atoms with Crippen LogP contribution >= 0.6 is 0 Å². The zero-order chi connectivity index (χ0) is 16.9. The molecule has 1 aliphatic heterocycles. The summed E-state index contributed by atoms with van der Waals surface area (Å²) in [5, 5.41) is 6.27.